The van der Waals surface area contributed by atoms with Crippen molar-refractivity contribution in [2.45, 2.75) is 70.8 Å². The molecule has 0 aliphatic heterocycles. The molecule has 3 aliphatic rings. The van der Waals surface area contributed by atoms with Crippen LogP contribution in [0.3, 0.4) is 0 Å². The summed E-state index contributed by atoms with van der Waals surface area (Å²) in [5.74, 6) is 2.73. The zero-order valence-corrected chi connectivity index (χ0v) is 15.4. The highest BCUT2D eigenvalue weighted by atomic mass is 16.3. The van der Waals surface area contributed by atoms with Crippen LogP contribution in [-0.4, -0.2) is 22.1 Å². The van der Waals surface area contributed by atoms with Crippen LogP contribution in [0, 0.1) is 23.2 Å². The smallest absolute Gasteiger partial charge is 0.129 e. The molecule has 3 heteroatoms. The number of aryl methyl sites for hydroxylation is 1. The minimum absolute atomic E-state index is 0.0110. The molecule has 2 fully saturated rings. The predicted molar refractivity (Wildman–Crippen MR) is 97.5 cm³/mol. The van der Waals surface area contributed by atoms with Gasteiger partial charge in [-0.15, -0.1) is 0 Å². The van der Waals surface area contributed by atoms with E-state index >= 15 is 0 Å². The second-order valence-electron chi connectivity index (χ2n) is 9.02. The SMILES string of the molecule is CC(=O)CCC1C[C@]2(C)C(O)CCC2C2CCc3cc(O)ccc3C12. The van der Waals surface area contributed by atoms with Crippen molar-refractivity contribution in [1.29, 1.82) is 0 Å². The molecule has 0 aromatic heterocycles. The molecule has 25 heavy (non-hydrogen) atoms. The summed E-state index contributed by atoms with van der Waals surface area (Å²) in [7, 11) is 0. The topological polar surface area (TPSA) is 57.5 Å². The Kier molecular flexibility index (Phi) is 4.18. The molecule has 5 unspecified atom stereocenters. The molecule has 2 saturated carbocycles. The van der Waals surface area contributed by atoms with Crippen LogP contribution in [0.4, 0.5) is 0 Å². The summed E-state index contributed by atoms with van der Waals surface area (Å²) < 4.78 is 0. The molecule has 136 valence electrons. The second kappa shape index (κ2) is 6.12. The van der Waals surface area contributed by atoms with Gasteiger partial charge in [0.15, 0.2) is 0 Å². The lowest BCUT2D eigenvalue weighted by molar-refractivity contribution is -0.117. The lowest BCUT2D eigenvalue weighted by Crippen LogP contribution is -2.48. The van der Waals surface area contributed by atoms with Crippen molar-refractivity contribution >= 4 is 5.78 Å². The van der Waals surface area contributed by atoms with E-state index in [1.807, 2.05) is 12.1 Å². The second-order valence-corrected chi connectivity index (χ2v) is 9.02. The lowest BCUT2D eigenvalue weighted by Gasteiger charge is -2.54. The van der Waals surface area contributed by atoms with Crippen LogP contribution in [-0.2, 0) is 11.2 Å². The molecule has 1 aromatic carbocycles. The van der Waals surface area contributed by atoms with E-state index in [0.717, 1.165) is 38.5 Å². The molecule has 0 radical (unpaired) electrons. The van der Waals surface area contributed by atoms with Crippen molar-refractivity contribution in [2.75, 3.05) is 0 Å². The van der Waals surface area contributed by atoms with Gasteiger partial charge in [-0.1, -0.05) is 13.0 Å². The monoisotopic (exact) mass is 342 g/mol. The first-order chi connectivity index (χ1) is 11.9. The number of carbonyl (C=O) groups excluding carboxylic acids is 1. The van der Waals surface area contributed by atoms with Gasteiger partial charge in [-0.05, 0) is 97.8 Å². The maximum Gasteiger partial charge on any atom is 0.129 e. The molecule has 0 saturated heterocycles. The lowest BCUT2D eigenvalue weighted by atomic mass is 9.51. The highest BCUT2D eigenvalue weighted by molar-refractivity contribution is 5.75. The van der Waals surface area contributed by atoms with Gasteiger partial charge in [-0.3, -0.25) is 0 Å². The first kappa shape index (κ1) is 17.1. The Hall–Kier alpha value is -1.35. The molecule has 0 bridgehead atoms. The van der Waals surface area contributed by atoms with Crippen LogP contribution in [0.25, 0.3) is 0 Å². The number of carbonyl (C=O) groups is 1. The van der Waals surface area contributed by atoms with Gasteiger partial charge >= 0.3 is 0 Å². The van der Waals surface area contributed by atoms with E-state index in [0.29, 0.717) is 35.8 Å². The highest BCUT2D eigenvalue weighted by Crippen LogP contribution is 2.63. The summed E-state index contributed by atoms with van der Waals surface area (Å²) in [5.41, 5.74) is 2.69. The molecule has 3 aliphatic carbocycles. The first-order valence-corrected chi connectivity index (χ1v) is 9.89. The summed E-state index contributed by atoms with van der Waals surface area (Å²) in [5, 5.41) is 20.6. The predicted octanol–water partition coefficient (Wildman–Crippen LogP) is 4.20. The zero-order valence-electron chi connectivity index (χ0n) is 15.4. The Balaban J connectivity index is 1.73. The van der Waals surface area contributed by atoms with Gasteiger partial charge in [0.05, 0.1) is 6.10 Å². The van der Waals surface area contributed by atoms with Gasteiger partial charge in [0.1, 0.15) is 11.5 Å². The summed E-state index contributed by atoms with van der Waals surface area (Å²) in [6, 6.07) is 5.88. The van der Waals surface area contributed by atoms with Gasteiger partial charge in [-0.25, -0.2) is 0 Å². The maximum absolute atomic E-state index is 11.6. The number of aliphatic hydroxyl groups excluding tert-OH is 1. The van der Waals surface area contributed by atoms with Crippen LogP contribution >= 0.6 is 0 Å². The van der Waals surface area contributed by atoms with Crippen molar-refractivity contribution in [2.24, 2.45) is 23.2 Å². The van der Waals surface area contributed by atoms with Crippen LogP contribution < -0.4 is 0 Å². The van der Waals surface area contributed by atoms with Gasteiger partial charge in [0, 0.05) is 6.42 Å². The normalized spacial score (nSPS) is 39.4. The third-order valence-electron chi connectivity index (χ3n) is 7.65. The minimum atomic E-state index is -0.195. The van der Waals surface area contributed by atoms with Gasteiger partial charge in [0.2, 0.25) is 0 Å². The standard InChI is InChI=1S/C22H30O3/c1-13(23)3-4-15-12-22(2)19(9-10-20(22)25)18-7-5-14-11-16(24)6-8-17(14)21(15)18/h6,8,11,15,18-21,24-25H,3-5,7,9-10,12H2,1-2H3/t15?,18?,19?,20?,21?,22-/m0/s1. The largest absolute Gasteiger partial charge is 0.508 e. The van der Waals surface area contributed by atoms with Crippen LogP contribution in [0.5, 0.6) is 5.75 Å². The van der Waals surface area contributed by atoms with E-state index in [4.69, 9.17) is 0 Å². The van der Waals surface area contributed by atoms with Crippen LogP contribution in [0.2, 0.25) is 0 Å². The van der Waals surface area contributed by atoms with Gasteiger partial charge in [-0.2, -0.15) is 0 Å². The van der Waals surface area contributed by atoms with Crippen molar-refractivity contribution in [3.05, 3.63) is 29.3 Å². The average molecular weight is 342 g/mol. The molecule has 2 N–H and O–H groups in total. The number of phenolic OH excluding ortho intramolecular Hbond substituents is 1. The van der Waals surface area contributed by atoms with E-state index in [-0.39, 0.29) is 17.3 Å². The number of aromatic hydroxyl groups is 1. The molecular weight excluding hydrogens is 312 g/mol. The third kappa shape index (κ3) is 2.71. The summed E-state index contributed by atoms with van der Waals surface area (Å²) >= 11 is 0. The van der Waals surface area contributed by atoms with Gasteiger partial charge < -0.3 is 15.0 Å². The fraction of sp³-hybridized carbons (Fsp3) is 0.682. The molecule has 6 atom stereocenters. The molecule has 0 amide bonds. The van der Waals surface area contributed by atoms with Crippen molar-refractivity contribution in [1.82, 2.24) is 0 Å². The average Bonchev–Trinajstić information content (AvgIpc) is 2.87. The van der Waals surface area contributed by atoms with Crippen molar-refractivity contribution < 1.29 is 15.0 Å². The van der Waals surface area contributed by atoms with Crippen molar-refractivity contribution in [3.8, 4) is 5.75 Å². The number of ketones is 1. The van der Waals surface area contributed by atoms with E-state index in [1.165, 1.54) is 11.1 Å². The Bertz CT molecular complexity index is 682. The fourth-order valence-electron chi connectivity index (χ4n) is 6.52. The molecule has 0 spiro atoms. The minimum Gasteiger partial charge on any atom is -0.508 e. The number of benzene rings is 1. The third-order valence-corrected chi connectivity index (χ3v) is 7.65. The number of rotatable bonds is 3. The van der Waals surface area contributed by atoms with Crippen LogP contribution in [0.1, 0.15) is 69.4 Å². The quantitative estimate of drug-likeness (QED) is 0.865. The molecule has 1 aromatic rings. The maximum atomic E-state index is 11.6. The number of aliphatic hydroxyl groups is 1. The zero-order chi connectivity index (χ0) is 17.8. The Morgan fingerprint density at radius 2 is 2.08 bits per heavy atom. The van der Waals surface area contributed by atoms with Crippen LogP contribution in [0.15, 0.2) is 18.2 Å². The number of hydrogen-bond acceptors (Lipinski definition) is 3. The number of fused-ring (bicyclic) bond motifs is 5. The summed E-state index contributed by atoms with van der Waals surface area (Å²) in [6.07, 6.45) is 6.60. The van der Waals surface area contributed by atoms with E-state index in [2.05, 4.69) is 13.0 Å². The Morgan fingerprint density at radius 1 is 1.28 bits per heavy atom. The fourth-order valence-corrected chi connectivity index (χ4v) is 6.52. The number of hydrogen-bond donors (Lipinski definition) is 2. The number of phenols is 1. The Morgan fingerprint density at radius 3 is 2.84 bits per heavy atom. The van der Waals surface area contributed by atoms with E-state index in [1.54, 1.807) is 6.92 Å². The molecule has 4 rings (SSSR count). The first-order valence-electron chi connectivity index (χ1n) is 9.89. The Labute approximate surface area is 150 Å². The van der Waals surface area contributed by atoms with E-state index in [9.17, 15) is 15.0 Å². The molecule has 3 nitrogen and oxygen atoms in total. The number of Topliss-reactive ketones (excluding diaryl/α,β-unsaturated/α-hetero) is 1. The molecular formula is C22H30O3. The summed E-state index contributed by atoms with van der Waals surface area (Å²) in [4.78, 5) is 11.6. The van der Waals surface area contributed by atoms with Gasteiger partial charge in [0.25, 0.3) is 0 Å². The molecule has 0 heterocycles. The van der Waals surface area contributed by atoms with Crippen molar-refractivity contribution in [3.63, 3.8) is 0 Å². The van der Waals surface area contributed by atoms with E-state index < -0.39 is 0 Å². The highest BCUT2D eigenvalue weighted by Gasteiger charge is 2.57. The summed E-state index contributed by atoms with van der Waals surface area (Å²) in [6.45, 7) is 3.97.